The van der Waals surface area contributed by atoms with E-state index in [2.05, 4.69) is 158 Å². The number of hydrogen-bond acceptors (Lipinski definition) is 5. The summed E-state index contributed by atoms with van der Waals surface area (Å²) in [5.41, 5.74) is 8.17. The molecule has 0 aliphatic carbocycles. The molecule has 52 heavy (non-hydrogen) atoms. The van der Waals surface area contributed by atoms with E-state index >= 15 is 0 Å². The van der Waals surface area contributed by atoms with E-state index in [0.29, 0.717) is 0 Å². The van der Waals surface area contributed by atoms with Crippen molar-refractivity contribution in [2.75, 3.05) is 0 Å². The van der Waals surface area contributed by atoms with Gasteiger partial charge in [-0.2, -0.15) is 0 Å². The van der Waals surface area contributed by atoms with Crippen LogP contribution in [0.25, 0.3) is 107 Å². The third kappa shape index (κ3) is 4.60. The maximum Gasteiger partial charge on any atom is 0.160 e. The molecular weight excluding hydrogens is 671 g/mol. The summed E-state index contributed by atoms with van der Waals surface area (Å²) in [5.74, 6) is 0.721. The molecule has 0 saturated heterocycles. The molecule has 0 radical (unpaired) electrons. The number of para-hydroxylation sites is 1. The zero-order chi connectivity index (χ0) is 34.2. The van der Waals surface area contributed by atoms with E-state index in [4.69, 9.17) is 15.0 Å². The van der Waals surface area contributed by atoms with Crippen molar-refractivity contribution in [2.24, 2.45) is 0 Å². The third-order valence-corrected chi connectivity index (χ3v) is 12.4. The molecule has 0 atom stereocenters. The highest BCUT2D eigenvalue weighted by Crippen LogP contribution is 2.45. The van der Waals surface area contributed by atoms with Crippen LogP contribution in [0.2, 0.25) is 0 Å². The molecule has 4 heterocycles. The molecule has 0 fully saturated rings. The van der Waals surface area contributed by atoms with E-state index < -0.39 is 0 Å². The predicted octanol–water partition coefficient (Wildman–Crippen LogP) is 13.6. The fourth-order valence-electron chi connectivity index (χ4n) is 7.68. The Morgan fingerprint density at radius 3 is 1.92 bits per heavy atom. The Balaban J connectivity index is 1.15. The Morgan fingerprint density at radius 2 is 1.06 bits per heavy atom. The maximum absolute atomic E-state index is 5.22. The van der Waals surface area contributed by atoms with Crippen LogP contribution in [0.4, 0.5) is 0 Å². The Morgan fingerprint density at radius 1 is 0.365 bits per heavy atom. The van der Waals surface area contributed by atoms with Gasteiger partial charge in [-0.25, -0.2) is 15.0 Å². The van der Waals surface area contributed by atoms with Crippen LogP contribution in [0.15, 0.2) is 164 Å². The van der Waals surface area contributed by atoms with Crippen LogP contribution in [0.3, 0.4) is 0 Å². The number of rotatable bonds is 4. The van der Waals surface area contributed by atoms with Crippen LogP contribution in [0, 0.1) is 0 Å². The Hall–Kier alpha value is -6.27. The first-order chi connectivity index (χ1) is 25.8. The Kier molecular flexibility index (Phi) is 6.59. The van der Waals surface area contributed by atoms with Crippen LogP contribution >= 0.6 is 22.7 Å². The van der Waals surface area contributed by atoms with Crippen LogP contribution in [-0.4, -0.2) is 15.0 Å². The van der Waals surface area contributed by atoms with Crippen molar-refractivity contribution in [2.45, 2.75) is 0 Å². The van der Waals surface area contributed by atoms with E-state index in [9.17, 15) is 0 Å². The molecule has 11 aromatic rings. The first-order valence-corrected chi connectivity index (χ1v) is 19.0. The Bertz CT molecular complexity index is 3180. The second kappa shape index (κ2) is 11.6. The van der Waals surface area contributed by atoms with Crippen LogP contribution in [0.5, 0.6) is 0 Å². The first kappa shape index (κ1) is 29.5. The van der Waals surface area contributed by atoms with Gasteiger partial charge in [-0.1, -0.05) is 127 Å². The van der Waals surface area contributed by atoms with E-state index in [1.807, 2.05) is 28.7 Å². The maximum atomic E-state index is 5.22. The van der Waals surface area contributed by atoms with Gasteiger partial charge < -0.3 is 0 Å². The fourth-order valence-corrected chi connectivity index (χ4v) is 10.1. The summed E-state index contributed by atoms with van der Waals surface area (Å²) < 4.78 is 5.08. The molecule has 3 nitrogen and oxygen atoms in total. The summed E-state index contributed by atoms with van der Waals surface area (Å²) in [6, 6.07) is 58.1. The minimum absolute atomic E-state index is 0.721. The molecule has 0 saturated carbocycles. The molecule has 0 aliphatic heterocycles. The molecule has 0 bridgehead atoms. The van der Waals surface area contributed by atoms with Crippen molar-refractivity contribution < 1.29 is 0 Å². The lowest BCUT2D eigenvalue weighted by Crippen LogP contribution is -1.96. The van der Waals surface area contributed by atoms with Gasteiger partial charge in [0.05, 0.1) is 22.6 Å². The zero-order valence-electron chi connectivity index (χ0n) is 27.7. The minimum Gasteiger partial charge on any atom is -0.247 e. The summed E-state index contributed by atoms with van der Waals surface area (Å²) in [5, 5.41) is 8.60. The average Bonchev–Trinajstić information content (AvgIpc) is 3.79. The normalized spacial score (nSPS) is 11.8. The number of fused-ring (bicyclic) bond motifs is 10. The second-order valence-electron chi connectivity index (χ2n) is 13.1. The summed E-state index contributed by atoms with van der Waals surface area (Å²) in [7, 11) is 0. The lowest BCUT2D eigenvalue weighted by Gasteiger charge is -2.11. The molecule has 0 spiro atoms. The van der Waals surface area contributed by atoms with Gasteiger partial charge in [-0.15, -0.1) is 22.7 Å². The van der Waals surface area contributed by atoms with Gasteiger partial charge in [0.25, 0.3) is 0 Å². The molecule has 4 aromatic heterocycles. The minimum atomic E-state index is 0.721. The van der Waals surface area contributed by atoms with E-state index in [0.717, 1.165) is 50.7 Å². The van der Waals surface area contributed by atoms with Crippen molar-refractivity contribution in [3.63, 3.8) is 0 Å². The average molecular weight is 698 g/mol. The third-order valence-electron chi connectivity index (χ3n) is 10.1. The van der Waals surface area contributed by atoms with Crippen LogP contribution in [-0.2, 0) is 0 Å². The molecule has 0 aliphatic rings. The van der Waals surface area contributed by atoms with Gasteiger partial charge >= 0.3 is 0 Å². The standard InChI is InChI=1S/C47H27N3S2/c1-3-12-28(13-4-1)45-35-24-23-31-36-26-30(22-25-41(36)52-46(31)44(35)32-16-7-9-19-37(32)48-45)38-27-39(50-47(49-38)29-14-5-2-6-15-29)33-18-11-21-42-43(33)34-17-8-10-20-40(34)51-42/h1-27H. The van der Waals surface area contributed by atoms with Gasteiger partial charge in [0.2, 0.25) is 0 Å². The number of thiophene rings is 2. The van der Waals surface area contributed by atoms with Gasteiger partial charge in [0, 0.05) is 78.8 Å². The molecule has 0 N–H and O–H groups in total. The number of benzene rings is 7. The smallest absolute Gasteiger partial charge is 0.160 e. The molecule has 0 unspecified atom stereocenters. The highest BCUT2D eigenvalue weighted by Gasteiger charge is 2.19. The molecule has 0 amide bonds. The summed E-state index contributed by atoms with van der Waals surface area (Å²) in [4.78, 5) is 15.6. The van der Waals surface area contributed by atoms with Crippen molar-refractivity contribution in [3.05, 3.63) is 164 Å². The topological polar surface area (TPSA) is 38.7 Å². The monoisotopic (exact) mass is 697 g/mol. The molecular formula is C47H27N3S2. The largest absolute Gasteiger partial charge is 0.247 e. The van der Waals surface area contributed by atoms with Crippen molar-refractivity contribution in [3.8, 4) is 45.2 Å². The molecule has 7 aromatic carbocycles. The molecule has 242 valence electrons. The van der Waals surface area contributed by atoms with Gasteiger partial charge in [-0.3, -0.25) is 0 Å². The van der Waals surface area contributed by atoms with Gasteiger partial charge in [0.15, 0.2) is 5.82 Å². The number of hydrogen-bond donors (Lipinski definition) is 0. The second-order valence-corrected chi connectivity index (χ2v) is 15.3. The molecule has 5 heteroatoms. The number of aromatic nitrogens is 3. The van der Waals surface area contributed by atoms with E-state index in [-0.39, 0.29) is 0 Å². The van der Waals surface area contributed by atoms with Crippen molar-refractivity contribution in [1.82, 2.24) is 15.0 Å². The van der Waals surface area contributed by atoms with Crippen molar-refractivity contribution in [1.29, 1.82) is 0 Å². The van der Waals surface area contributed by atoms with E-state index in [1.54, 1.807) is 0 Å². The summed E-state index contributed by atoms with van der Waals surface area (Å²) >= 11 is 3.69. The highest BCUT2D eigenvalue weighted by atomic mass is 32.1. The molecule has 11 rings (SSSR count). The van der Waals surface area contributed by atoms with E-state index in [1.165, 1.54) is 56.5 Å². The highest BCUT2D eigenvalue weighted by molar-refractivity contribution is 7.27. The lowest BCUT2D eigenvalue weighted by molar-refractivity contribution is 1.19. The first-order valence-electron chi connectivity index (χ1n) is 17.4. The Labute approximate surface area is 307 Å². The van der Waals surface area contributed by atoms with Crippen LogP contribution < -0.4 is 0 Å². The quantitative estimate of drug-likeness (QED) is 0.172. The van der Waals surface area contributed by atoms with Gasteiger partial charge in [-0.05, 0) is 36.4 Å². The summed E-state index contributed by atoms with van der Waals surface area (Å²) in [6.07, 6.45) is 0. The summed E-state index contributed by atoms with van der Waals surface area (Å²) in [6.45, 7) is 0. The fraction of sp³-hybridized carbons (Fsp3) is 0. The number of pyridine rings is 1. The van der Waals surface area contributed by atoms with Crippen molar-refractivity contribution >= 4 is 84.7 Å². The predicted molar refractivity (Wildman–Crippen MR) is 222 cm³/mol. The van der Waals surface area contributed by atoms with Crippen LogP contribution in [0.1, 0.15) is 0 Å². The zero-order valence-corrected chi connectivity index (χ0v) is 29.4. The van der Waals surface area contributed by atoms with Gasteiger partial charge in [0.1, 0.15) is 0 Å². The number of nitrogens with zero attached hydrogens (tertiary/aromatic N) is 3. The lowest BCUT2D eigenvalue weighted by atomic mass is 9.97. The SMILES string of the molecule is c1ccc(-c2nc(-c3ccc4sc5c(ccc6c(-c7ccccc7)nc7ccccc7c65)c4c3)cc(-c3cccc4sc5ccccc5c34)n2)cc1.